The molecule has 7 nitrogen and oxygen atoms in total. The lowest BCUT2D eigenvalue weighted by molar-refractivity contribution is 0.103. The fourth-order valence-electron chi connectivity index (χ4n) is 3.50. The van der Waals surface area contributed by atoms with E-state index >= 15 is 0 Å². The fraction of sp³-hybridized carbons (Fsp3) is 0.200. The Kier molecular flexibility index (Phi) is 7.09. The molecule has 0 aliphatic carbocycles. The number of aryl methyl sites for hydroxylation is 3. The van der Waals surface area contributed by atoms with Crippen molar-refractivity contribution in [1.82, 2.24) is 14.8 Å². The fourth-order valence-corrected chi connectivity index (χ4v) is 4.88. The molecule has 4 rings (SSSR count). The van der Waals surface area contributed by atoms with Gasteiger partial charge in [-0.15, -0.1) is 21.5 Å². The Labute approximate surface area is 206 Å². The molecule has 0 aliphatic rings. The molecule has 1 amide bonds. The molecule has 9 heteroatoms. The molecule has 0 bridgehead atoms. The summed E-state index contributed by atoms with van der Waals surface area (Å²) >= 11 is 7.77. The standard InChI is InChI=1S/C25H23ClN4O3S/c1-4-18-13-20(23(31)19-10-5-6-11-21(19)26)24(34-18)30-16(3)28-29-22(30)14-33-25(32)27-17-9-7-8-15(2)12-17/h5-13H,4,14H2,1-3H3,(H,27,32). The third-order valence-electron chi connectivity index (χ3n) is 5.17. The number of ketones is 1. The van der Waals surface area contributed by atoms with E-state index in [1.54, 1.807) is 41.8 Å². The first-order valence-corrected chi connectivity index (χ1v) is 11.9. The highest BCUT2D eigenvalue weighted by atomic mass is 35.5. The summed E-state index contributed by atoms with van der Waals surface area (Å²) in [5, 5.41) is 12.1. The number of rotatable bonds is 7. The largest absolute Gasteiger partial charge is 0.441 e. The minimum Gasteiger partial charge on any atom is -0.441 e. The summed E-state index contributed by atoms with van der Waals surface area (Å²) in [6, 6.07) is 16.3. The molecule has 0 saturated carbocycles. The van der Waals surface area contributed by atoms with Gasteiger partial charge in [0.15, 0.2) is 18.2 Å². The van der Waals surface area contributed by atoms with Crippen LogP contribution in [0.15, 0.2) is 54.6 Å². The number of carbonyl (C=O) groups is 2. The van der Waals surface area contributed by atoms with Gasteiger partial charge >= 0.3 is 6.09 Å². The number of anilines is 1. The molecule has 0 radical (unpaired) electrons. The van der Waals surface area contributed by atoms with E-state index in [1.165, 1.54) is 11.3 Å². The summed E-state index contributed by atoms with van der Waals surface area (Å²) in [7, 11) is 0. The van der Waals surface area contributed by atoms with Crippen LogP contribution in [0.3, 0.4) is 0 Å². The zero-order valence-electron chi connectivity index (χ0n) is 19.0. The van der Waals surface area contributed by atoms with E-state index in [9.17, 15) is 9.59 Å². The maximum absolute atomic E-state index is 13.4. The Morgan fingerprint density at radius 3 is 2.59 bits per heavy atom. The van der Waals surface area contributed by atoms with E-state index < -0.39 is 6.09 Å². The van der Waals surface area contributed by atoms with Gasteiger partial charge in [0, 0.05) is 16.1 Å². The maximum atomic E-state index is 13.4. The molecule has 2 aromatic heterocycles. The molecular weight excluding hydrogens is 472 g/mol. The van der Waals surface area contributed by atoms with E-state index in [4.69, 9.17) is 16.3 Å². The van der Waals surface area contributed by atoms with E-state index in [2.05, 4.69) is 15.5 Å². The molecule has 2 heterocycles. The number of nitrogens with one attached hydrogen (secondary N) is 1. The van der Waals surface area contributed by atoms with Crippen LogP contribution in [0.2, 0.25) is 5.02 Å². The molecule has 2 aromatic carbocycles. The number of carbonyl (C=O) groups excluding carboxylic acids is 2. The van der Waals surface area contributed by atoms with E-state index in [-0.39, 0.29) is 12.4 Å². The van der Waals surface area contributed by atoms with E-state index in [0.29, 0.717) is 38.5 Å². The molecule has 0 aliphatic heterocycles. The lowest BCUT2D eigenvalue weighted by Crippen LogP contribution is -2.16. The van der Waals surface area contributed by atoms with Crippen LogP contribution in [0.5, 0.6) is 0 Å². The van der Waals surface area contributed by atoms with E-state index in [0.717, 1.165) is 16.9 Å². The van der Waals surface area contributed by atoms with Crippen molar-refractivity contribution in [3.63, 3.8) is 0 Å². The van der Waals surface area contributed by atoms with Crippen molar-refractivity contribution in [2.75, 3.05) is 5.32 Å². The summed E-state index contributed by atoms with van der Waals surface area (Å²) < 4.78 is 7.17. The minimum absolute atomic E-state index is 0.114. The number of aromatic nitrogens is 3. The summed E-state index contributed by atoms with van der Waals surface area (Å²) in [4.78, 5) is 26.8. The smallest absolute Gasteiger partial charge is 0.412 e. The number of benzene rings is 2. The average molecular weight is 495 g/mol. The summed E-state index contributed by atoms with van der Waals surface area (Å²) in [5.41, 5.74) is 2.59. The van der Waals surface area contributed by atoms with Gasteiger partial charge in [-0.3, -0.25) is 14.7 Å². The number of hydrogen-bond donors (Lipinski definition) is 1. The topological polar surface area (TPSA) is 86.1 Å². The van der Waals surface area contributed by atoms with Crippen molar-refractivity contribution >= 4 is 40.5 Å². The number of thiophene rings is 1. The predicted molar refractivity (Wildman–Crippen MR) is 133 cm³/mol. The van der Waals surface area contributed by atoms with Gasteiger partial charge in [0.2, 0.25) is 0 Å². The second-order valence-corrected chi connectivity index (χ2v) is 9.19. The van der Waals surface area contributed by atoms with Gasteiger partial charge in [-0.05, 0) is 56.2 Å². The van der Waals surface area contributed by atoms with Crippen LogP contribution in [-0.4, -0.2) is 26.6 Å². The van der Waals surface area contributed by atoms with Crippen LogP contribution < -0.4 is 5.32 Å². The molecule has 1 N–H and O–H groups in total. The molecule has 0 atom stereocenters. The Morgan fingerprint density at radius 2 is 1.85 bits per heavy atom. The van der Waals surface area contributed by atoms with Gasteiger partial charge in [-0.1, -0.05) is 42.8 Å². The van der Waals surface area contributed by atoms with Crippen LogP contribution in [-0.2, 0) is 17.8 Å². The van der Waals surface area contributed by atoms with Crippen molar-refractivity contribution in [2.45, 2.75) is 33.8 Å². The Hall–Kier alpha value is -3.49. The maximum Gasteiger partial charge on any atom is 0.412 e. The number of nitrogens with zero attached hydrogens (tertiary/aromatic N) is 3. The average Bonchev–Trinajstić information content (AvgIpc) is 3.40. The third kappa shape index (κ3) is 5.03. The first kappa shape index (κ1) is 23.7. The lowest BCUT2D eigenvalue weighted by atomic mass is 10.0. The van der Waals surface area contributed by atoms with Gasteiger partial charge in [-0.25, -0.2) is 4.79 Å². The van der Waals surface area contributed by atoms with Crippen molar-refractivity contribution < 1.29 is 14.3 Å². The number of halogens is 1. The highest BCUT2D eigenvalue weighted by molar-refractivity contribution is 7.15. The van der Waals surface area contributed by atoms with E-state index in [1.807, 2.05) is 38.1 Å². The molecule has 174 valence electrons. The highest BCUT2D eigenvalue weighted by Gasteiger charge is 2.24. The first-order chi connectivity index (χ1) is 16.4. The monoisotopic (exact) mass is 494 g/mol. The highest BCUT2D eigenvalue weighted by Crippen LogP contribution is 2.32. The molecule has 34 heavy (non-hydrogen) atoms. The molecule has 4 aromatic rings. The zero-order valence-corrected chi connectivity index (χ0v) is 20.5. The van der Waals surface area contributed by atoms with Crippen LogP contribution in [0, 0.1) is 13.8 Å². The molecular formula is C25H23ClN4O3S. The predicted octanol–water partition coefficient (Wildman–Crippen LogP) is 6.14. The number of amides is 1. The van der Waals surface area contributed by atoms with Gasteiger partial charge in [0.1, 0.15) is 10.8 Å². The third-order valence-corrected chi connectivity index (χ3v) is 6.76. The molecule has 0 unspecified atom stereocenters. The SMILES string of the molecule is CCc1cc(C(=O)c2ccccc2Cl)c(-n2c(C)nnc2COC(=O)Nc2cccc(C)c2)s1. The van der Waals surface area contributed by atoms with Crippen LogP contribution in [0.1, 0.15) is 44.9 Å². The Morgan fingerprint density at radius 1 is 1.06 bits per heavy atom. The number of ether oxygens (including phenoxy) is 1. The number of hydrogen-bond acceptors (Lipinski definition) is 6. The quantitative estimate of drug-likeness (QED) is 0.312. The van der Waals surface area contributed by atoms with Gasteiger partial charge < -0.3 is 4.74 Å². The first-order valence-electron chi connectivity index (χ1n) is 10.7. The van der Waals surface area contributed by atoms with Gasteiger partial charge in [-0.2, -0.15) is 0 Å². The molecule has 0 fully saturated rings. The van der Waals surface area contributed by atoms with Crippen molar-refractivity contribution in [2.24, 2.45) is 0 Å². The summed E-state index contributed by atoms with van der Waals surface area (Å²) in [5.74, 6) is 0.804. The Balaban J connectivity index is 1.62. The van der Waals surface area contributed by atoms with Gasteiger partial charge in [0.25, 0.3) is 0 Å². The summed E-state index contributed by atoms with van der Waals surface area (Å²) in [6.45, 7) is 5.64. The van der Waals surface area contributed by atoms with Crippen molar-refractivity contribution in [3.05, 3.63) is 92.8 Å². The molecule has 0 saturated heterocycles. The lowest BCUT2D eigenvalue weighted by Gasteiger charge is -2.11. The Bertz CT molecular complexity index is 1360. The zero-order chi connectivity index (χ0) is 24.2. The van der Waals surface area contributed by atoms with Crippen LogP contribution in [0.4, 0.5) is 10.5 Å². The molecule has 0 spiro atoms. The second kappa shape index (κ2) is 10.2. The normalized spacial score (nSPS) is 10.8. The van der Waals surface area contributed by atoms with Crippen LogP contribution in [0.25, 0.3) is 5.00 Å². The summed E-state index contributed by atoms with van der Waals surface area (Å²) in [6.07, 6.45) is 0.157. The van der Waals surface area contributed by atoms with Crippen LogP contribution >= 0.6 is 22.9 Å². The second-order valence-electron chi connectivity index (χ2n) is 7.66. The minimum atomic E-state index is -0.606. The van der Waals surface area contributed by atoms with Crippen molar-refractivity contribution in [3.8, 4) is 5.00 Å². The van der Waals surface area contributed by atoms with Gasteiger partial charge in [0.05, 0.1) is 10.6 Å². The van der Waals surface area contributed by atoms with Crippen molar-refractivity contribution in [1.29, 1.82) is 0 Å².